The number of hydrogen-bond acceptors (Lipinski definition) is 6. The summed E-state index contributed by atoms with van der Waals surface area (Å²) in [5.74, 6) is -0.833. The minimum atomic E-state index is -3.21. The van der Waals surface area contributed by atoms with Crippen LogP contribution in [0.4, 0.5) is 5.69 Å². The number of esters is 1. The minimum Gasteiger partial charge on any atom is -0.461 e. The maximum atomic E-state index is 11.6. The van der Waals surface area contributed by atoms with Crippen LogP contribution in [0.3, 0.4) is 0 Å². The Hall–Kier alpha value is -1.96. The fourth-order valence-electron chi connectivity index (χ4n) is 1.53. The fourth-order valence-corrected chi connectivity index (χ4v) is 2.80. The van der Waals surface area contributed by atoms with Crippen molar-refractivity contribution >= 4 is 21.5 Å². The van der Waals surface area contributed by atoms with E-state index < -0.39 is 20.7 Å². The maximum absolute atomic E-state index is 11.6. The van der Waals surface area contributed by atoms with E-state index in [1.807, 2.05) is 6.92 Å². The smallest absolute Gasteiger partial charge is 0.338 e. The predicted molar refractivity (Wildman–Crippen MR) is 76.9 cm³/mol. The largest absolute Gasteiger partial charge is 0.461 e. The lowest BCUT2D eigenvalue weighted by atomic mass is 10.2. The van der Waals surface area contributed by atoms with Crippen LogP contribution < -0.4 is 0 Å². The van der Waals surface area contributed by atoms with Crippen molar-refractivity contribution in [3.8, 4) is 0 Å². The second-order valence-corrected chi connectivity index (χ2v) is 6.75. The summed E-state index contributed by atoms with van der Waals surface area (Å²) >= 11 is 0. The third kappa shape index (κ3) is 5.90. The highest BCUT2D eigenvalue weighted by molar-refractivity contribution is 7.91. The molecule has 0 heterocycles. The van der Waals surface area contributed by atoms with Gasteiger partial charge in [0, 0.05) is 12.1 Å². The average Bonchev–Trinajstić information content (AvgIpc) is 2.45. The molecule has 1 aromatic rings. The lowest BCUT2D eigenvalue weighted by Gasteiger charge is -2.05. The van der Waals surface area contributed by atoms with Crippen LogP contribution in [0.2, 0.25) is 0 Å². The van der Waals surface area contributed by atoms with E-state index in [-0.39, 0.29) is 29.4 Å². The van der Waals surface area contributed by atoms with E-state index in [1.165, 1.54) is 24.3 Å². The number of carbonyl (C=O) groups excluding carboxylic acids is 1. The first kappa shape index (κ1) is 17.1. The van der Waals surface area contributed by atoms with Crippen molar-refractivity contribution in [2.45, 2.75) is 19.8 Å². The third-order valence-corrected chi connectivity index (χ3v) is 4.45. The molecule has 0 spiro atoms. The fraction of sp³-hybridized carbons (Fsp3) is 0.462. The number of nitro benzene ring substituents is 1. The molecule has 1 aromatic carbocycles. The number of ether oxygens (including phenoxy) is 1. The first-order valence-electron chi connectivity index (χ1n) is 6.47. The number of non-ortho nitro benzene ring substituents is 1. The molecule has 21 heavy (non-hydrogen) atoms. The molecule has 0 atom stereocenters. The Balaban J connectivity index is 2.49. The summed E-state index contributed by atoms with van der Waals surface area (Å²) in [6, 6.07) is 4.92. The Morgan fingerprint density at radius 2 is 1.86 bits per heavy atom. The summed E-state index contributed by atoms with van der Waals surface area (Å²) in [6.07, 6.45) is 1.36. The van der Waals surface area contributed by atoms with Gasteiger partial charge < -0.3 is 4.74 Å². The van der Waals surface area contributed by atoms with Crippen LogP contribution in [0.5, 0.6) is 0 Å². The number of rotatable bonds is 8. The molecule has 7 nitrogen and oxygen atoms in total. The van der Waals surface area contributed by atoms with Crippen LogP contribution in [-0.4, -0.2) is 37.4 Å². The van der Waals surface area contributed by atoms with E-state index in [1.54, 1.807) is 0 Å². The van der Waals surface area contributed by atoms with E-state index in [2.05, 4.69) is 0 Å². The standard InChI is InChI=1S/C13H17NO6S/c1-2-3-9-21(18,19)10-8-20-13(15)11-4-6-12(7-5-11)14(16)17/h4-7H,2-3,8-10H2,1H3. The van der Waals surface area contributed by atoms with Crippen LogP contribution >= 0.6 is 0 Å². The summed E-state index contributed by atoms with van der Waals surface area (Å²) in [5, 5.41) is 10.5. The van der Waals surface area contributed by atoms with Gasteiger partial charge in [-0.2, -0.15) is 0 Å². The molecule has 0 amide bonds. The highest BCUT2D eigenvalue weighted by Gasteiger charge is 2.14. The van der Waals surface area contributed by atoms with E-state index in [0.29, 0.717) is 6.42 Å². The van der Waals surface area contributed by atoms with Crippen molar-refractivity contribution in [3.63, 3.8) is 0 Å². The number of benzene rings is 1. The summed E-state index contributed by atoms with van der Waals surface area (Å²) in [6.45, 7) is 1.67. The van der Waals surface area contributed by atoms with E-state index >= 15 is 0 Å². The molecule has 116 valence electrons. The first-order valence-corrected chi connectivity index (χ1v) is 8.30. The van der Waals surface area contributed by atoms with Gasteiger partial charge in [-0.25, -0.2) is 13.2 Å². The zero-order valence-electron chi connectivity index (χ0n) is 11.6. The zero-order valence-corrected chi connectivity index (χ0v) is 12.5. The topological polar surface area (TPSA) is 104 Å². The molecule has 0 saturated carbocycles. The van der Waals surface area contributed by atoms with Gasteiger partial charge in [0.2, 0.25) is 0 Å². The Kier molecular flexibility index (Phi) is 6.29. The summed E-state index contributed by atoms with van der Waals surface area (Å²) in [7, 11) is -3.21. The molecule has 0 aliphatic rings. The quantitative estimate of drug-likeness (QED) is 0.412. The van der Waals surface area contributed by atoms with Gasteiger partial charge in [-0.3, -0.25) is 10.1 Å². The van der Waals surface area contributed by atoms with Gasteiger partial charge in [0.1, 0.15) is 6.61 Å². The van der Waals surface area contributed by atoms with Gasteiger partial charge in [-0.15, -0.1) is 0 Å². The molecule has 0 saturated heterocycles. The molecule has 1 rings (SSSR count). The van der Waals surface area contributed by atoms with Crippen LogP contribution in [0.25, 0.3) is 0 Å². The van der Waals surface area contributed by atoms with Crippen molar-refractivity contribution < 1.29 is 22.9 Å². The Labute approximate surface area is 123 Å². The maximum Gasteiger partial charge on any atom is 0.338 e. The third-order valence-electron chi connectivity index (χ3n) is 2.75. The number of nitrogens with zero attached hydrogens (tertiary/aromatic N) is 1. The molecule has 0 aromatic heterocycles. The molecule has 0 radical (unpaired) electrons. The van der Waals surface area contributed by atoms with Crippen LogP contribution in [-0.2, 0) is 14.6 Å². The Morgan fingerprint density at radius 1 is 1.24 bits per heavy atom. The summed E-state index contributed by atoms with van der Waals surface area (Å²) in [4.78, 5) is 21.5. The van der Waals surface area contributed by atoms with Crippen molar-refractivity contribution in [2.24, 2.45) is 0 Å². The molecular formula is C13H17NO6S. The first-order chi connectivity index (χ1) is 9.85. The molecule has 0 unspecified atom stereocenters. The van der Waals surface area contributed by atoms with Gasteiger partial charge in [-0.05, 0) is 18.6 Å². The number of hydrogen-bond donors (Lipinski definition) is 0. The van der Waals surface area contributed by atoms with Crippen molar-refractivity contribution in [1.29, 1.82) is 0 Å². The van der Waals surface area contributed by atoms with Crippen molar-refractivity contribution in [2.75, 3.05) is 18.1 Å². The van der Waals surface area contributed by atoms with Gasteiger partial charge >= 0.3 is 5.97 Å². The van der Waals surface area contributed by atoms with Crippen LogP contribution in [0.15, 0.2) is 24.3 Å². The van der Waals surface area contributed by atoms with Crippen LogP contribution in [0, 0.1) is 10.1 Å². The Bertz CT molecular complexity index is 594. The lowest BCUT2D eigenvalue weighted by Crippen LogP contribution is -2.18. The molecule has 0 N–H and O–H groups in total. The summed E-state index contributed by atoms with van der Waals surface area (Å²) < 4.78 is 28.0. The van der Waals surface area contributed by atoms with Gasteiger partial charge in [0.15, 0.2) is 9.84 Å². The minimum absolute atomic E-state index is 0.0819. The van der Waals surface area contributed by atoms with Crippen molar-refractivity contribution in [3.05, 3.63) is 39.9 Å². The van der Waals surface area contributed by atoms with Crippen molar-refractivity contribution in [1.82, 2.24) is 0 Å². The van der Waals surface area contributed by atoms with Gasteiger partial charge in [0.25, 0.3) is 5.69 Å². The normalized spacial score (nSPS) is 11.1. The summed E-state index contributed by atoms with van der Waals surface area (Å²) in [5.41, 5.74) is 0.0141. The molecule has 0 aliphatic heterocycles. The Morgan fingerprint density at radius 3 is 2.38 bits per heavy atom. The highest BCUT2D eigenvalue weighted by atomic mass is 32.2. The van der Waals surface area contributed by atoms with Gasteiger partial charge in [0.05, 0.1) is 22.0 Å². The predicted octanol–water partition coefficient (Wildman–Crippen LogP) is 1.97. The van der Waals surface area contributed by atoms with Gasteiger partial charge in [-0.1, -0.05) is 13.3 Å². The lowest BCUT2D eigenvalue weighted by molar-refractivity contribution is -0.384. The second-order valence-electron chi connectivity index (χ2n) is 4.45. The average molecular weight is 315 g/mol. The molecule has 0 aliphatic carbocycles. The molecule has 0 fully saturated rings. The number of sulfone groups is 1. The molecule has 8 heteroatoms. The SMILES string of the molecule is CCCCS(=O)(=O)CCOC(=O)c1ccc([N+](=O)[O-])cc1. The number of nitro groups is 1. The van der Waals surface area contributed by atoms with Crippen LogP contribution in [0.1, 0.15) is 30.1 Å². The molecule has 0 bridgehead atoms. The monoisotopic (exact) mass is 315 g/mol. The van der Waals surface area contributed by atoms with E-state index in [9.17, 15) is 23.3 Å². The second kappa shape index (κ2) is 7.72. The zero-order chi connectivity index (χ0) is 15.9. The van der Waals surface area contributed by atoms with E-state index in [4.69, 9.17) is 4.74 Å². The molecular weight excluding hydrogens is 298 g/mol. The van der Waals surface area contributed by atoms with E-state index in [0.717, 1.165) is 6.42 Å². The number of unbranched alkanes of at least 4 members (excludes halogenated alkanes) is 1. The number of carbonyl (C=O) groups is 1. The highest BCUT2D eigenvalue weighted by Crippen LogP contribution is 2.12.